The number of hydrogen-bond acceptors (Lipinski definition) is 5. The second-order valence-electron chi connectivity index (χ2n) is 6.80. The predicted octanol–water partition coefficient (Wildman–Crippen LogP) is 3.61. The number of carbonyl (C=O) groups is 2. The zero-order valence-corrected chi connectivity index (χ0v) is 16.0. The second-order valence-corrected chi connectivity index (χ2v) is 6.80. The Bertz CT molecular complexity index is 866. The van der Waals surface area contributed by atoms with Gasteiger partial charge in [-0.25, -0.2) is 14.6 Å². The number of pyridine rings is 1. The maximum Gasteiger partial charge on any atom is 0.490 e. The van der Waals surface area contributed by atoms with Gasteiger partial charge in [0, 0.05) is 22.5 Å². The van der Waals surface area contributed by atoms with Gasteiger partial charge in [-0.1, -0.05) is 12.1 Å². The third kappa shape index (κ3) is 7.01. The summed E-state index contributed by atoms with van der Waals surface area (Å²) < 4.78 is 37.5. The van der Waals surface area contributed by atoms with Crippen LogP contribution in [0.25, 0.3) is 10.8 Å². The van der Waals surface area contributed by atoms with Gasteiger partial charge in [-0.3, -0.25) is 0 Å². The van der Waals surface area contributed by atoms with Gasteiger partial charge in [-0.05, 0) is 32.9 Å². The van der Waals surface area contributed by atoms with E-state index in [1.54, 1.807) is 6.20 Å². The Balaban J connectivity index is 0.000000516. The van der Waals surface area contributed by atoms with E-state index in [4.69, 9.17) is 20.4 Å². The number of alkyl halides is 3. The summed E-state index contributed by atoms with van der Waals surface area (Å²) in [5.74, 6) is -1.64. The zero-order chi connectivity index (χ0) is 22.4. The average molecular weight is 417 g/mol. The van der Waals surface area contributed by atoms with Gasteiger partial charge in [0.25, 0.3) is 0 Å². The van der Waals surface area contributed by atoms with E-state index in [0.29, 0.717) is 11.6 Å². The topological polar surface area (TPSA) is 126 Å². The van der Waals surface area contributed by atoms with Crippen molar-refractivity contribution in [2.24, 2.45) is 0 Å². The Labute approximate surface area is 164 Å². The van der Waals surface area contributed by atoms with Crippen molar-refractivity contribution in [2.45, 2.75) is 32.5 Å². The van der Waals surface area contributed by atoms with Crippen LogP contribution in [-0.2, 0) is 4.79 Å². The molecule has 4 N–H and O–H groups in total. The van der Waals surface area contributed by atoms with Gasteiger partial charge in [0.1, 0.15) is 18.2 Å². The molecule has 1 aromatic carbocycles. The SMILES string of the molecule is CC(C)(C)N(CCOc1cccc2c(N)nccc12)C(=O)O.O=C(O)C(F)(F)F. The van der Waals surface area contributed by atoms with E-state index >= 15 is 0 Å². The highest BCUT2D eigenvalue weighted by atomic mass is 19.4. The average Bonchev–Trinajstić information content (AvgIpc) is 2.57. The molecule has 0 spiro atoms. The Morgan fingerprint density at radius 1 is 1.14 bits per heavy atom. The van der Waals surface area contributed by atoms with Gasteiger partial charge >= 0.3 is 18.2 Å². The molecule has 8 nitrogen and oxygen atoms in total. The van der Waals surface area contributed by atoms with E-state index in [2.05, 4.69) is 4.98 Å². The first-order chi connectivity index (χ1) is 13.2. The van der Waals surface area contributed by atoms with Crippen LogP contribution in [0.1, 0.15) is 20.8 Å². The molecular formula is C18H22F3N3O5. The van der Waals surface area contributed by atoms with Crippen molar-refractivity contribution in [3.63, 3.8) is 0 Å². The van der Waals surface area contributed by atoms with E-state index < -0.39 is 23.8 Å². The van der Waals surface area contributed by atoms with Crippen LogP contribution in [0, 0.1) is 0 Å². The number of hydrogen-bond donors (Lipinski definition) is 3. The fourth-order valence-corrected chi connectivity index (χ4v) is 2.29. The third-order valence-corrected chi connectivity index (χ3v) is 3.65. The van der Waals surface area contributed by atoms with Gasteiger partial charge in [0.15, 0.2) is 0 Å². The van der Waals surface area contributed by atoms with Crippen LogP contribution in [0.3, 0.4) is 0 Å². The Morgan fingerprint density at radius 2 is 1.72 bits per heavy atom. The normalized spacial score (nSPS) is 11.4. The summed E-state index contributed by atoms with van der Waals surface area (Å²) >= 11 is 0. The summed E-state index contributed by atoms with van der Waals surface area (Å²) in [6.07, 6.45) is -4.41. The molecule has 1 aromatic heterocycles. The van der Waals surface area contributed by atoms with Crippen molar-refractivity contribution in [2.75, 3.05) is 18.9 Å². The molecule has 0 saturated carbocycles. The molecular weight excluding hydrogens is 395 g/mol. The zero-order valence-electron chi connectivity index (χ0n) is 16.0. The number of nitrogens with zero attached hydrogens (tertiary/aromatic N) is 2. The van der Waals surface area contributed by atoms with Crippen molar-refractivity contribution in [3.05, 3.63) is 30.5 Å². The minimum absolute atomic E-state index is 0.269. The standard InChI is InChI=1S/C16H21N3O3.C2HF3O2/c1-16(2,3)19(15(20)21)9-10-22-13-6-4-5-12-11(13)7-8-18-14(12)17;3-2(4,5)1(6)7/h4-8H,9-10H2,1-3H3,(H2,17,18)(H,20,21);(H,6,7). The number of rotatable bonds is 4. The molecule has 1 heterocycles. The number of nitrogens with two attached hydrogens (primary N) is 1. The highest BCUT2D eigenvalue weighted by Gasteiger charge is 2.38. The number of aliphatic carboxylic acids is 1. The van der Waals surface area contributed by atoms with E-state index in [1.165, 1.54) is 4.90 Å². The number of anilines is 1. The van der Waals surface area contributed by atoms with Crippen LogP contribution < -0.4 is 10.5 Å². The van der Waals surface area contributed by atoms with Crippen molar-refractivity contribution in [1.82, 2.24) is 9.88 Å². The lowest BCUT2D eigenvalue weighted by Crippen LogP contribution is -2.46. The molecule has 0 saturated heterocycles. The quantitative estimate of drug-likeness (QED) is 0.694. The number of carboxylic acids is 1. The van der Waals surface area contributed by atoms with Crippen LogP contribution >= 0.6 is 0 Å². The largest absolute Gasteiger partial charge is 0.491 e. The first-order valence-corrected chi connectivity index (χ1v) is 8.32. The van der Waals surface area contributed by atoms with E-state index in [-0.39, 0.29) is 13.2 Å². The fraction of sp³-hybridized carbons (Fsp3) is 0.389. The molecule has 0 atom stereocenters. The van der Waals surface area contributed by atoms with E-state index in [1.807, 2.05) is 45.0 Å². The molecule has 1 amide bonds. The lowest BCUT2D eigenvalue weighted by molar-refractivity contribution is -0.192. The van der Waals surface area contributed by atoms with Crippen molar-refractivity contribution >= 4 is 28.7 Å². The van der Waals surface area contributed by atoms with Crippen molar-refractivity contribution < 1.29 is 37.7 Å². The molecule has 0 aliphatic rings. The molecule has 160 valence electrons. The minimum Gasteiger partial charge on any atom is -0.491 e. The highest BCUT2D eigenvalue weighted by Crippen LogP contribution is 2.28. The number of amides is 1. The van der Waals surface area contributed by atoms with Gasteiger partial charge in [0.2, 0.25) is 0 Å². The van der Waals surface area contributed by atoms with Gasteiger partial charge < -0.3 is 25.6 Å². The van der Waals surface area contributed by atoms with Crippen molar-refractivity contribution in [1.29, 1.82) is 0 Å². The van der Waals surface area contributed by atoms with Crippen molar-refractivity contribution in [3.8, 4) is 5.75 Å². The molecule has 2 aromatic rings. The Morgan fingerprint density at radius 3 is 2.21 bits per heavy atom. The van der Waals surface area contributed by atoms with Crippen LogP contribution in [-0.4, -0.2) is 57.0 Å². The molecule has 11 heteroatoms. The summed E-state index contributed by atoms with van der Waals surface area (Å²) in [6, 6.07) is 7.39. The summed E-state index contributed by atoms with van der Waals surface area (Å²) in [5.41, 5.74) is 5.38. The number of fused-ring (bicyclic) bond motifs is 1. The van der Waals surface area contributed by atoms with Crippen LogP contribution in [0.4, 0.5) is 23.8 Å². The van der Waals surface area contributed by atoms with Crippen LogP contribution in [0.2, 0.25) is 0 Å². The molecule has 0 unspecified atom stereocenters. The number of halogens is 3. The highest BCUT2D eigenvalue weighted by molar-refractivity contribution is 5.94. The summed E-state index contributed by atoms with van der Waals surface area (Å²) in [4.78, 5) is 25.6. The minimum atomic E-state index is -5.08. The maximum absolute atomic E-state index is 11.3. The smallest absolute Gasteiger partial charge is 0.490 e. The second kappa shape index (κ2) is 9.30. The fourth-order valence-electron chi connectivity index (χ4n) is 2.29. The molecule has 29 heavy (non-hydrogen) atoms. The molecule has 0 radical (unpaired) electrons. The first kappa shape index (κ1) is 23.8. The maximum atomic E-state index is 11.3. The number of nitrogen functional groups attached to an aromatic ring is 1. The predicted molar refractivity (Wildman–Crippen MR) is 99.8 cm³/mol. The van der Waals surface area contributed by atoms with Gasteiger partial charge in [0.05, 0.1) is 6.54 Å². The number of ether oxygens (including phenoxy) is 1. The Kier molecular flexibility index (Phi) is 7.64. The molecule has 0 bridgehead atoms. The first-order valence-electron chi connectivity index (χ1n) is 8.32. The monoisotopic (exact) mass is 417 g/mol. The molecule has 2 rings (SSSR count). The van der Waals surface area contributed by atoms with E-state index in [0.717, 1.165) is 10.8 Å². The number of aromatic nitrogens is 1. The lowest BCUT2D eigenvalue weighted by Gasteiger charge is -2.33. The molecule has 0 aliphatic heterocycles. The summed E-state index contributed by atoms with van der Waals surface area (Å²) in [7, 11) is 0. The van der Waals surface area contributed by atoms with Crippen LogP contribution in [0.5, 0.6) is 5.75 Å². The number of carboxylic acid groups (broad SMARTS) is 2. The lowest BCUT2D eigenvalue weighted by atomic mass is 10.1. The molecule has 0 aliphatic carbocycles. The van der Waals surface area contributed by atoms with Gasteiger partial charge in [-0.2, -0.15) is 13.2 Å². The Hall–Kier alpha value is -3.24. The molecule has 0 fully saturated rings. The number of benzene rings is 1. The van der Waals surface area contributed by atoms with Gasteiger partial charge in [-0.15, -0.1) is 0 Å². The third-order valence-electron chi connectivity index (χ3n) is 3.65. The summed E-state index contributed by atoms with van der Waals surface area (Å²) in [5, 5.41) is 18.1. The van der Waals surface area contributed by atoms with E-state index in [9.17, 15) is 23.1 Å². The summed E-state index contributed by atoms with van der Waals surface area (Å²) in [6.45, 7) is 6.11. The van der Waals surface area contributed by atoms with Crippen LogP contribution in [0.15, 0.2) is 30.5 Å².